The Morgan fingerprint density at radius 1 is 1.04 bits per heavy atom. The van der Waals surface area contributed by atoms with E-state index < -0.39 is 29.6 Å². The first-order chi connectivity index (χ1) is 11.8. The van der Waals surface area contributed by atoms with Crippen LogP contribution in [-0.4, -0.2) is 50.6 Å². The van der Waals surface area contributed by atoms with E-state index in [1.54, 1.807) is 20.8 Å². The van der Waals surface area contributed by atoms with Crippen molar-refractivity contribution in [3.63, 3.8) is 0 Å². The van der Waals surface area contributed by atoms with Crippen molar-refractivity contribution < 1.29 is 38.1 Å². The molecule has 0 saturated heterocycles. The molecule has 0 bridgehead atoms. The normalized spacial score (nSPS) is 12.0. The minimum Gasteiger partial charge on any atom is -0.502 e. The van der Waals surface area contributed by atoms with Gasteiger partial charge in [-0.25, -0.2) is 0 Å². The van der Waals surface area contributed by atoms with Gasteiger partial charge in [0.1, 0.15) is 0 Å². The Balaban J connectivity index is 5.20. The third-order valence-corrected chi connectivity index (χ3v) is 3.31. The summed E-state index contributed by atoms with van der Waals surface area (Å²) in [6.45, 7) is 9.82. The SMILES string of the molecule is C=COCCC(CCOC(C)OC(C)=O)(C(=O)OCC)C(=O)OCC. The van der Waals surface area contributed by atoms with E-state index in [0.717, 1.165) is 0 Å². The van der Waals surface area contributed by atoms with Crippen LogP contribution in [0.2, 0.25) is 0 Å². The summed E-state index contributed by atoms with van der Waals surface area (Å²) in [4.78, 5) is 35.9. The number of rotatable bonds is 13. The van der Waals surface area contributed by atoms with Gasteiger partial charge in [0, 0.05) is 13.3 Å². The monoisotopic (exact) mass is 360 g/mol. The first kappa shape index (κ1) is 22.9. The van der Waals surface area contributed by atoms with Crippen LogP contribution in [0.5, 0.6) is 0 Å². The van der Waals surface area contributed by atoms with Crippen LogP contribution in [0.25, 0.3) is 0 Å². The second-order valence-corrected chi connectivity index (χ2v) is 5.11. The highest BCUT2D eigenvalue weighted by Gasteiger charge is 2.48. The number of carbonyl (C=O) groups is 3. The Bertz CT molecular complexity index is 428. The zero-order chi connectivity index (χ0) is 19.3. The molecule has 0 aliphatic heterocycles. The standard InChI is InChI=1S/C17H28O8/c1-6-21-11-9-17(15(19)22-7-2,16(20)23-8-3)10-12-24-14(5)25-13(4)18/h6,14H,1,7-12H2,2-5H3. The van der Waals surface area contributed by atoms with Gasteiger partial charge in [-0.1, -0.05) is 6.58 Å². The smallest absolute Gasteiger partial charge is 0.323 e. The van der Waals surface area contributed by atoms with Crippen molar-refractivity contribution in [1.29, 1.82) is 0 Å². The lowest BCUT2D eigenvalue weighted by Gasteiger charge is -2.29. The summed E-state index contributed by atoms with van der Waals surface area (Å²) in [6, 6.07) is 0. The number of hydrogen-bond donors (Lipinski definition) is 0. The summed E-state index contributed by atoms with van der Waals surface area (Å²) in [5.74, 6) is -1.90. The molecule has 0 saturated carbocycles. The van der Waals surface area contributed by atoms with Gasteiger partial charge in [-0.05, 0) is 27.2 Å². The summed E-state index contributed by atoms with van der Waals surface area (Å²) in [5, 5.41) is 0. The van der Waals surface area contributed by atoms with Gasteiger partial charge in [-0.2, -0.15) is 0 Å². The number of esters is 3. The van der Waals surface area contributed by atoms with Crippen molar-refractivity contribution in [2.45, 2.75) is 46.8 Å². The number of carbonyl (C=O) groups excluding carboxylic acids is 3. The Morgan fingerprint density at radius 3 is 2.00 bits per heavy atom. The van der Waals surface area contributed by atoms with Crippen molar-refractivity contribution in [3.8, 4) is 0 Å². The molecule has 0 radical (unpaired) electrons. The van der Waals surface area contributed by atoms with Gasteiger partial charge in [0.05, 0.1) is 32.7 Å². The zero-order valence-electron chi connectivity index (χ0n) is 15.4. The van der Waals surface area contributed by atoms with Crippen molar-refractivity contribution in [3.05, 3.63) is 12.8 Å². The lowest BCUT2D eigenvalue weighted by molar-refractivity contribution is -0.183. The first-order valence-electron chi connectivity index (χ1n) is 8.19. The van der Waals surface area contributed by atoms with Crippen molar-refractivity contribution in [2.75, 3.05) is 26.4 Å². The maximum absolute atomic E-state index is 12.5. The first-order valence-corrected chi connectivity index (χ1v) is 8.19. The van der Waals surface area contributed by atoms with Gasteiger partial charge in [-0.3, -0.25) is 14.4 Å². The third-order valence-electron chi connectivity index (χ3n) is 3.31. The maximum Gasteiger partial charge on any atom is 0.323 e. The van der Waals surface area contributed by atoms with Crippen molar-refractivity contribution >= 4 is 17.9 Å². The van der Waals surface area contributed by atoms with Gasteiger partial charge in [0.25, 0.3) is 0 Å². The van der Waals surface area contributed by atoms with Crippen LogP contribution in [0, 0.1) is 5.41 Å². The molecule has 0 heterocycles. The van der Waals surface area contributed by atoms with Crippen LogP contribution in [-0.2, 0) is 38.1 Å². The minimum atomic E-state index is -1.56. The summed E-state index contributed by atoms with van der Waals surface area (Å²) in [5.41, 5.74) is -1.56. The highest BCUT2D eigenvalue weighted by Crippen LogP contribution is 2.31. The van der Waals surface area contributed by atoms with Crippen LogP contribution < -0.4 is 0 Å². The molecule has 8 nitrogen and oxygen atoms in total. The summed E-state index contributed by atoms with van der Waals surface area (Å²) in [6.07, 6.45) is 0.461. The fourth-order valence-electron chi connectivity index (χ4n) is 2.14. The molecule has 0 rings (SSSR count). The third kappa shape index (κ3) is 8.02. The van der Waals surface area contributed by atoms with E-state index in [-0.39, 0.29) is 39.3 Å². The highest BCUT2D eigenvalue weighted by molar-refractivity contribution is 6.00. The summed E-state index contributed by atoms with van der Waals surface area (Å²) < 4.78 is 25.4. The minimum absolute atomic E-state index is 0.00320. The van der Waals surface area contributed by atoms with E-state index >= 15 is 0 Å². The molecular weight excluding hydrogens is 332 g/mol. The Morgan fingerprint density at radius 2 is 1.56 bits per heavy atom. The van der Waals surface area contributed by atoms with E-state index in [0.29, 0.717) is 0 Å². The van der Waals surface area contributed by atoms with Crippen LogP contribution in [0.15, 0.2) is 12.8 Å². The van der Waals surface area contributed by atoms with Crippen LogP contribution >= 0.6 is 0 Å². The van der Waals surface area contributed by atoms with Crippen LogP contribution in [0.4, 0.5) is 0 Å². The molecule has 0 aromatic rings. The molecule has 0 aliphatic carbocycles. The number of ether oxygens (including phenoxy) is 5. The molecule has 0 aromatic carbocycles. The molecule has 144 valence electrons. The topological polar surface area (TPSA) is 97.4 Å². The highest BCUT2D eigenvalue weighted by atomic mass is 16.7. The van der Waals surface area contributed by atoms with E-state index in [2.05, 4.69) is 6.58 Å². The average Bonchev–Trinajstić information content (AvgIpc) is 2.53. The van der Waals surface area contributed by atoms with Crippen molar-refractivity contribution in [2.24, 2.45) is 5.41 Å². The Kier molecular flexibility index (Phi) is 11.3. The molecular formula is C17H28O8. The Labute approximate surface area is 148 Å². The molecule has 8 heteroatoms. The van der Waals surface area contributed by atoms with Gasteiger partial charge in [-0.15, -0.1) is 0 Å². The van der Waals surface area contributed by atoms with Gasteiger partial charge in [0.15, 0.2) is 11.7 Å². The second-order valence-electron chi connectivity index (χ2n) is 5.11. The fourth-order valence-corrected chi connectivity index (χ4v) is 2.14. The molecule has 0 spiro atoms. The van der Waals surface area contributed by atoms with Crippen LogP contribution in [0.3, 0.4) is 0 Å². The predicted octanol–water partition coefficient (Wildman–Crippen LogP) is 1.96. The quantitative estimate of drug-likeness (QED) is 0.123. The van der Waals surface area contributed by atoms with E-state index in [1.807, 2.05) is 0 Å². The van der Waals surface area contributed by atoms with E-state index in [9.17, 15) is 14.4 Å². The zero-order valence-corrected chi connectivity index (χ0v) is 15.4. The predicted molar refractivity (Wildman–Crippen MR) is 88.3 cm³/mol. The molecule has 0 N–H and O–H groups in total. The summed E-state index contributed by atoms with van der Waals surface area (Å²) >= 11 is 0. The van der Waals surface area contributed by atoms with Gasteiger partial charge >= 0.3 is 17.9 Å². The average molecular weight is 360 g/mol. The molecule has 0 fully saturated rings. The van der Waals surface area contributed by atoms with Gasteiger partial charge in [0.2, 0.25) is 0 Å². The molecule has 25 heavy (non-hydrogen) atoms. The lowest BCUT2D eigenvalue weighted by atomic mass is 9.81. The lowest BCUT2D eigenvalue weighted by Crippen LogP contribution is -2.44. The molecule has 1 unspecified atom stereocenters. The molecule has 0 aliphatic rings. The Hall–Kier alpha value is -2.09. The molecule has 0 aromatic heterocycles. The number of hydrogen-bond acceptors (Lipinski definition) is 8. The second kappa shape index (κ2) is 12.3. The van der Waals surface area contributed by atoms with Crippen LogP contribution in [0.1, 0.15) is 40.5 Å². The van der Waals surface area contributed by atoms with E-state index in [4.69, 9.17) is 23.7 Å². The van der Waals surface area contributed by atoms with E-state index in [1.165, 1.54) is 13.2 Å². The molecule has 0 amide bonds. The maximum atomic E-state index is 12.5. The van der Waals surface area contributed by atoms with Gasteiger partial charge < -0.3 is 23.7 Å². The fraction of sp³-hybridized carbons (Fsp3) is 0.706. The largest absolute Gasteiger partial charge is 0.502 e. The molecule has 1 atom stereocenters. The summed E-state index contributed by atoms with van der Waals surface area (Å²) in [7, 11) is 0. The van der Waals surface area contributed by atoms with Crippen molar-refractivity contribution in [1.82, 2.24) is 0 Å².